The number of aromatic nitrogens is 2. The molecule has 0 aliphatic carbocycles. The number of halogens is 2. The van der Waals surface area contributed by atoms with Crippen LogP contribution in [0.2, 0.25) is 10.0 Å². The normalized spacial score (nSPS) is 11.2. The van der Waals surface area contributed by atoms with Gasteiger partial charge in [-0.3, -0.25) is 9.69 Å². The fourth-order valence-electron chi connectivity index (χ4n) is 2.48. The predicted molar refractivity (Wildman–Crippen MR) is 94.8 cm³/mol. The van der Waals surface area contributed by atoms with Crippen LogP contribution >= 0.6 is 23.2 Å². The lowest BCUT2D eigenvalue weighted by molar-refractivity contribution is -0.119. The first-order chi connectivity index (χ1) is 10.9. The summed E-state index contributed by atoms with van der Waals surface area (Å²) in [6.45, 7) is 8.25. The van der Waals surface area contributed by atoms with Crippen molar-refractivity contribution < 1.29 is 4.79 Å². The number of ketones is 1. The van der Waals surface area contributed by atoms with Crippen molar-refractivity contribution in [2.75, 3.05) is 19.6 Å². The maximum atomic E-state index is 12.2. The summed E-state index contributed by atoms with van der Waals surface area (Å²) in [5.74, 6) is 0.167. The van der Waals surface area contributed by atoms with Crippen molar-refractivity contribution in [3.8, 4) is 5.69 Å². The molecule has 1 aromatic heterocycles. The molecule has 0 aliphatic heterocycles. The topological polar surface area (TPSA) is 38.1 Å². The first-order valence-corrected chi connectivity index (χ1v) is 8.45. The average molecular weight is 354 g/mol. The van der Waals surface area contributed by atoms with Crippen molar-refractivity contribution >= 4 is 29.0 Å². The molecule has 0 fully saturated rings. The summed E-state index contributed by atoms with van der Waals surface area (Å²) < 4.78 is 1.75. The zero-order valence-electron chi connectivity index (χ0n) is 13.6. The van der Waals surface area contributed by atoms with Crippen molar-refractivity contribution in [1.29, 1.82) is 0 Å². The molecule has 2 aromatic rings. The molecule has 0 spiro atoms. The second kappa shape index (κ2) is 7.95. The van der Waals surface area contributed by atoms with Gasteiger partial charge in [-0.25, -0.2) is 4.68 Å². The first-order valence-electron chi connectivity index (χ1n) is 7.69. The smallest absolute Gasteiger partial charge is 0.152 e. The lowest BCUT2D eigenvalue weighted by Gasteiger charge is -2.16. The third kappa shape index (κ3) is 4.56. The van der Waals surface area contributed by atoms with E-state index in [1.54, 1.807) is 16.8 Å². The van der Waals surface area contributed by atoms with Crippen LogP contribution in [0.1, 0.15) is 25.2 Å². The number of nitrogens with zero attached hydrogens (tertiary/aromatic N) is 3. The van der Waals surface area contributed by atoms with Crippen LogP contribution in [0.5, 0.6) is 0 Å². The van der Waals surface area contributed by atoms with Gasteiger partial charge in [0.2, 0.25) is 0 Å². The number of rotatable bonds is 7. The Balaban J connectivity index is 2.16. The van der Waals surface area contributed by atoms with Gasteiger partial charge in [0.05, 0.1) is 29.4 Å². The largest absolute Gasteiger partial charge is 0.298 e. The van der Waals surface area contributed by atoms with Gasteiger partial charge in [0, 0.05) is 10.7 Å². The number of benzene rings is 1. The second-order valence-corrected chi connectivity index (χ2v) is 6.31. The van der Waals surface area contributed by atoms with Crippen molar-refractivity contribution in [2.45, 2.75) is 27.2 Å². The van der Waals surface area contributed by atoms with Gasteiger partial charge in [-0.2, -0.15) is 5.10 Å². The summed E-state index contributed by atoms with van der Waals surface area (Å²) in [7, 11) is 0. The summed E-state index contributed by atoms with van der Waals surface area (Å²) in [5.41, 5.74) is 2.45. The molecule has 0 saturated heterocycles. The van der Waals surface area contributed by atoms with Crippen LogP contribution < -0.4 is 0 Å². The molecule has 0 aliphatic rings. The molecule has 1 heterocycles. The molecule has 0 atom stereocenters. The van der Waals surface area contributed by atoms with Crippen LogP contribution in [0.3, 0.4) is 0 Å². The molecule has 0 amide bonds. The van der Waals surface area contributed by atoms with E-state index in [0.717, 1.165) is 30.2 Å². The van der Waals surface area contributed by atoms with E-state index in [4.69, 9.17) is 23.2 Å². The fraction of sp³-hybridized carbons (Fsp3) is 0.412. The molecule has 0 unspecified atom stereocenters. The maximum Gasteiger partial charge on any atom is 0.152 e. The highest BCUT2D eigenvalue weighted by Crippen LogP contribution is 2.25. The Morgan fingerprint density at radius 3 is 2.52 bits per heavy atom. The summed E-state index contributed by atoms with van der Waals surface area (Å²) in [6.07, 6.45) is 0.329. The van der Waals surface area contributed by atoms with Crippen LogP contribution in [0, 0.1) is 6.92 Å². The molecular formula is C17H21Cl2N3O. The van der Waals surface area contributed by atoms with Crippen LogP contribution in [-0.2, 0) is 11.2 Å². The average Bonchev–Trinajstić information content (AvgIpc) is 2.85. The standard InChI is InChI=1S/C17H21Cl2N3O/c1-4-21(5-2)11-15(23)10-14-8-12(3)22(20-14)17-7-6-13(18)9-16(17)19/h6-9H,4-5,10-11H2,1-3H3. The van der Waals surface area contributed by atoms with E-state index < -0.39 is 0 Å². The Hall–Kier alpha value is -1.36. The number of hydrogen-bond donors (Lipinski definition) is 0. The van der Waals surface area contributed by atoms with Crippen LogP contribution in [0.15, 0.2) is 24.3 Å². The minimum absolute atomic E-state index is 0.167. The number of carbonyl (C=O) groups is 1. The van der Waals surface area contributed by atoms with E-state index in [0.29, 0.717) is 23.0 Å². The minimum Gasteiger partial charge on any atom is -0.298 e. The molecule has 0 bridgehead atoms. The minimum atomic E-state index is 0.167. The third-order valence-corrected chi connectivity index (χ3v) is 4.29. The molecule has 23 heavy (non-hydrogen) atoms. The zero-order valence-corrected chi connectivity index (χ0v) is 15.2. The van der Waals surface area contributed by atoms with Gasteiger partial charge in [0.25, 0.3) is 0 Å². The lowest BCUT2D eigenvalue weighted by atomic mass is 10.2. The summed E-state index contributed by atoms with van der Waals surface area (Å²) in [4.78, 5) is 14.3. The van der Waals surface area contributed by atoms with Gasteiger partial charge >= 0.3 is 0 Å². The SMILES string of the molecule is CCN(CC)CC(=O)Cc1cc(C)n(-c2ccc(Cl)cc2Cl)n1. The number of carbonyl (C=O) groups excluding carboxylic acids is 1. The van der Waals surface area contributed by atoms with E-state index in [1.807, 2.05) is 19.1 Å². The Labute approximate surface area is 147 Å². The Morgan fingerprint density at radius 1 is 1.22 bits per heavy atom. The van der Waals surface area contributed by atoms with Gasteiger partial charge in [0.1, 0.15) is 0 Å². The van der Waals surface area contributed by atoms with Gasteiger partial charge in [-0.05, 0) is 44.3 Å². The molecule has 124 valence electrons. The van der Waals surface area contributed by atoms with E-state index in [1.165, 1.54) is 0 Å². The number of aryl methyl sites for hydroxylation is 1. The number of hydrogen-bond acceptors (Lipinski definition) is 3. The molecular weight excluding hydrogens is 333 g/mol. The van der Waals surface area contributed by atoms with Crippen LogP contribution in [0.4, 0.5) is 0 Å². The number of Topliss-reactive ketones (excluding diaryl/α,β-unsaturated/α-hetero) is 1. The molecule has 4 nitrogen and oxygen atoms in total. The molecule has 0 N–H and O–H groups in total. The molecule has 2 rings (SSSR count). The van der Waals surface area contributed by atoms with E-state index in [9.17, 15) is 4.79 Å². The van der Waals surface area contributed by atoms with Gasteiger partial charge in [-0.15, -0.1) is 0 Å². The van der Waals surface area contributed by atoms with Crippen molar-refractivity contribution in [1.82, 2.24) is 14.7 Å². The van der Waals surface area contributed by atoms with Crippen molar-refractivity contribution in [2.24, 2.45) is 0 Å². The van der Waals surface area contributed by atoms with Gasteiger partial charge in [-0.1, -0.05) is 37.0 Å². The highest BCUT2D eigenvalue weighted by molar-refractivity contribution is 6.35. The predicted octanol–water partition coefficient (Wildman–Crippen LogP) is 3.94. The summed E-state index contributed by atoms with van der Waals surface area (Å²) >= 11 is 12.2. The highest BCUT2D eigenvalue weighted by atomic mass is 35.5. The van der Waals surface area contributed by atoms with Crippen molar-refractivity contribution in [3.63, 3.8) is 0 Å². The monoisotopic (exact) mass is 353 g/mol. The van der Waals surface area contributed by atoms with Gasteiger partial charge < -0.3 is 0 Å². The van der Waals surface area contributed by atoms with Crippen LogP contribution in [0.25, 0.3) is 5.69 Å². The maximum absolute atomic E-state index is 12.2. The number of likely N-dealkylation sites (N-methyl/N-ethyl adjacent to an activating group) is 1. The highest BCUT2D eigenvalue weighted by Gasteiger charge is 2.14. The second-order valence-electron chi connectivity index (χ2n) is 5.46. The van der Waals surface area contributed by atoms with Crippen molar-refractivity contribution in [3.05, 3.63) is 45.7 Å². The van der Waals surface area contributed by atoms with Gasteiger partial charge in [0.15, 0.2) is 5.78 Å². The molecule has 0 radical (unpaired) electrons. The van der Waals surface area contributed by atoms with E-state index >= 15 is 0 Å². The summed E-state index contributed by atoms with van der Waals surface area (Å²) in [5, 5.41) is 5.63. The molecule has 6 heteroatoms. The van der Waals surface area contributed by atoms with Crippen LogP contribution in [-0.4, -0.2) is 40.1 Å². The lowest BCUT2D eigenvalue weighted by Crippen LogP contribution is -2.30. The quantitative estimate of drug-likeness (QED) is 0.756. The Morgan fingerprint density at radius 2 is 1.91 bits per heavy atom. The fourth-order valence-corrected chi connectivity index (χ4v) is 2.96. The zero-order chi connectivity index (χ0) is 17.0. The Bertz CT molecular complexity index is 693. The first kappa shape index (κ1) is 18.0. The molecule has 0 saturated carbocycles. The van der Waals surface area contributed by atoms with E-state index in [2.05, 4.69) is 23.8 Å². The molecule has 1 aromatic carbocycles. The third-order valence-electron chi connectivity index (χ3n) is 3.75. The Kier molecular flexibility index (Phi) is 6.22. The summed E-state index contributed by atoms with van der Waals surface area (Å²) in [6, 6.07) is 7.21. The van der Waals surface area contributed by atoms with E-state index in [-0.39, 0.29) is 5.78 Å².